The smallest absolute Gasteiger partial charge is 0.249 e. The van der Waals surface area contributed by atoms with E-state index in [9.17, 15) is 0 Å². The molecule has 3 aromatic rings. The van der Waals surface area contributed by atoms with E-state index in [4.69, 9.17) is 18.6 Å². The summed E-state index contributed by atoms with van der Waals surface area (Å²) in [6, 6.07) is 9.76. The van der Waals surface area contributed by atoms with E-state index in [1.54, 1.807) is 18.1 Å². The number of furan rings is 1. The first-order valence-electron chi connectivity index (χ1n) is 7.41. The number of ether oxygens (including phenoxy) is 3. The highest BCUT2D eigenvalue weighted by molar-refractivity contribution is 5.77. The number of rotatable bonds is 5. The number of nitrogens with zero attached hydrogens (tertiary/aromatic N) is 3. The average molecular weight is 315 g/mol. The summed E-state index contributed by atoms with van der Waals surface area (Å²) >= 11 is 0. The molecule has 0 amide bonds. The van der Waals surface area contributed by atoms with Gasteiger partial charge in [0.25, 0.3) is 0 Å². The summed E-state index contributed by atoms with van der Waals surface area (Å²) in [6.45, 7) is 1.24. The van der Waals surface area contributed by atoms with E-state index in [0.717, 1.165) is 11.0 Å². The first kappa shape index (κ1) is 14.4. The Hall–Kier alpha value is -2.22. The minimum absolute atomic E-state index is 0.156. The van der Waals surface area contributed by atoms with Crippen molar-refractivity contribution >= 4 is 11.0 Å². The van der Waals surface area contributed by atoms with Gasteiger partial charge in [-0.1, -0.05) is 18.2 Å². The van der Waals surface area contributed by atoms with Crippen LogP contribution in [0.25, 0.3) is 11.0 Å². The molecular weight excluding hydrogens is 298 g/mol. The van der Waals surface area contributed by atoms with Crippen LogP contribution in [0.2, 0.25) is 0 Å². The fraction of sp³-hybridized carbons (Fsp3) is 0.375. The standard InChI is InChI=1S/C16H17N3O4/c1-20-7-13-8-21-16(23-13,9-19-11-17-10-18-19)15-6-12-4-2-3-5-14(12)22-15/h2-6,10-11,13H,7-9H2,1H3/t13-,16-/m1/s1. The van der Waals surface area contributed by atoms with Crippen molar-refractivity contribution in [1.82, 2.24) is 14.8 Å². The molecule has 7 nitrogen and oxygen atoms in total. The lowest BCUT2D eigenvalue weighted by Gasteiger charge is -2.25. The van der Waals surface area contributed by atoms with Crippen LogP contribution in [-0.2, 0) is 26.5 Å². The molecule has 0 saturated carbocycles. The second-order valence-corrected chi connectivity index (χ2v) is 5.50. The van der Waals surface area contributed by atoms with Gasteiger partial charge in [0.05, 0.1) is 13.2 Å². The largest absolute Gasteiger partial charge is 0.455 e. The molecule has 0 aliphatic carbocycles. The van der Waals surface area contributed by atoms with Crippen LogP contribution in [0.15, 0.2) is 47.4 Å². The van der Waals surface area contributed by atoms with Gasteiger partial charge >= 0.3 is 0 Å². The molecule has 1 aliphatic rings. The molecule has 1 aliphatic heterocycles. The maximum absolute atomic E-state index is 6.15. The van der Waals surface area contributed by atoms with Gasteiger partial charge in [0.15, 0.2) is 5.76 Å². The molecule has 7 heteroatoms. The van der Waals surface area contributed by atoms with Crippen molar-refractivity contribution in [3.05, 3.63) is 48.7 Å². The molecule has 1 fully saturated rings. The molecule has 1 aromatic carbocycles. The Morgan fingerprint density at radius 2 is 2.30 bits per heavy atom. The van der Waals surface area contributed by atoms with E-state index >= 15 is 0 Å². The van der Waals surface area contributed by atoms with Crippen molar-refractivity contribution in [2.75, 3.05) is 20.3 Å². The molecule has 120 valence electrons. The maximum Gasteiger partial charge on any atom is 0.249 e. The van der Waals surface area contributed by atoms with Gasteiger partial charge in [0.2, 0.25) is 5.79 Å². The Labute approximate surface area is 132 Å². The summed E-state index contributed by atoms with van der Waals surface area (Å²) in [4.78, 5) is 3.97. The summed E-state index contributed by atoms with van der Waals surface area (Å²) in [7, 11) is 1.64. The highest BCUT2D eigenvalue weighted by atomic mass is 16.8. The summed E-state index contributed by atoms with van der Waals surface area (Å²) in [5.41, 5.74) is 0.794. The van der Waals surface area contributed by atoms with Crippen LogP contribution in [0.4, 0.5) is 0 Å². The molecular formula is C16H17N3O4. The number of fused-ring (bicyclic) bond motifs is 1. The number of methoxy groups -OCH3 is 1. The average Bonchev–Trinajstić information content (AvgIpc) is 3.28. The van der Waals surface area contributed by atoms with Gasteiger partial charge in [-0.15, -0.1) is 0 Å². The molecule has 2 atom stereocenters. The van der Waals surface area contributed by atoms with E-state index < -0.39 is 5.79 Å². The van der Waals surface area contributed by atoms with Crippen molar-refractivity contribution in [3.63, 3.8) is 0 Å². The first-order chi connectivity index (χ1) is 11.3. The van der Waals surface area contributed by atoms with Crippen LogP contribution < -0.4 is 0 Å². The number of hydrogen-bond donors (Lipinski definition) is 0. The topological polar surface area (TPSA) is 71.5 Å². The molecule has 0 unspecified atom stereocenters. The lowest BCUT2D eigenvalue weighted by atomic mass is 10.2. The summed E-state index contributed by atoms with van der Waals surface area (Å²) in [6.07, 6.45) is 2.95. The highest BCUT2D eigenvalue weighted by Crippen LogP contribution is 2.38. The first-order valence-corrected chi connectivity index (χ1v) is 7.41. The zero-order valence-electron chi connectivity index (χ0n) is 12.7. The van der Waals surface area contributed by atoms with Gasteiger partial charge in [-0.3, -0.25) is 0 Å². The lowest BCUT2D eigenvalue weighted by Crippen LogP contribution is -2.34. The van der Waals surface area contributed by atoms with E-state index in [1.165, 1.54) is 6.33 Å². The molecule has 1 saturated heterocycles. The van der Waals surface area contributed by atoms with E-state index in [0.29, 0.717) is 25.5 Å². The maximum atomic E-state index is 6.15. The molecule has 0 bridgehead atoms. The summed E-state index contributed by atoms with van der Waals surface area (Å²) in [5.74, 6) is -0.413. The zero-order valence-corrected chi connectivity index (χ0v) is 12.7. The van der Waals surface area contributed by atoms with Crippen LogP contribution >= 0.6 is 0 Å². The van der Waals surface area contributed by atoms with Crippen molar-refractivity contribution in [1.29, 1.82) is 0 Å². The Morgan fingerprint density at radius 1 is 1.39 bits per heavy atom. The number of hydrogen-bond acceptors (Lipinski definition) is 6. The third kappa shape index (κ3) is 2.63. The Kier molecular flexibility index (Phi) is 3.60. The molecule has 4 rings (SSSR count). The lowest BCUT2D eigenvalue weighted by molar-refractivity contribution is -0.203. The van der Waals surface area contributed by atoms with Gasteiger partial charge < -0.3 is 18.6 Å². The number of benzene rings is 1. The van der Waals surface area contributed by atoms with Crippen molar-refractivity contribution in [2.24, 2.45) is 0 Å². The molecule has 0 N–H and O–H groups in total. The third-order valence-electron chi connectivity index (χ3n) is 3.85. The number of para-hydroxylation sites is 1. The fourth-order valence-electron chi connectivity index (χ4n) is 2.82. The van der Waals surface area contributed by atoms with Gasteiger partial charge in [-0.05, 0) is 12.1 Å². The fourth-order valence-corrected chi connectivity index (χ4v) is 2.82. The predicted molar refractivity (Wildman–Crippen MR) is 80.6 cm³/mol. The van der Waals surface area contributed by atoms with Crippen molar-refractivity contribution in [3.8, 4) is 0 Å². The zero-order chi connectivity index (χ0) is 15.7. The summed E-state index contributed by atoms with van der Waals surface area (Å²) in [5, 5.41) is 5.15. The minimum Gasteiger partial charge on any atom is -0.455 e. The van der Waals surface area contributed by atoms with Crippen LogP contribution in [0.5, 0.6) is 0 Å². The van der Waals surface area contributed by atoms with Gasteiger partial charge in [0.1, 0.15) is 30.9 Å². The Morgan fingerprint density at radius 3 is 3.09 bits per heavy atom. The van der Waals surface area contributed by atoms with Crippen molar-refractivity contribution < 1.29 is 18.6 Å². The third-order valence-corrected chi connectivity index (χ3v) is 3.85. The second-order valence-electron chi connectivity index (χ2n) is 5.50. The summed E-state index contributed by atoms with van der Waals surface area (Å²) < 4.78 is 25.0. The van der Waals surface area contributed by atoms with Gasteiger partial charge in [-0.25, -0.2) is 9.67 Å². The van der Waals surface area contributed by atoms with Gasteiger partial charge in [-0.2, -0.15) is 5.10 Å². The van der Waals surface area contributed by atoms with Crippen LogP contribution in [0.1, 0.15) is 5.76 Å². The number of aromatic nitrogens is 3. The monoisotopic (exact) mass is 315 g/mol. The van der Waals surface area contributed by atoms with Crippen molar-refractivity contribution in [2.45, 2.75) is 18.4 Å². The molecule has 23 heavy (non-hydrogen) atoms. The molecule has 2 aromatic heterocycles. The van der Waals surface area contributed by atoms with E-state index in [1.807, 2.05) is 30.3 Å². The normalized spacial score (nSPS) is 24.5. The van der Waals surface area contributed by atoms with E-state index in [2.05, 4.69) is 10.1 Å². The molecule has 3 heterocycles. The Balaban J connectivity index is 1.72. The van der Waals surface area contributed by atoms with Crippen LogP contribution in [-0.4, -0.2) is 41.2 Å². The quantitative estimate of drug-likeness (QED) is 0.716. The van der Waals surface area contributed by atoms with Crippen LogP contribution in [0.3, 0.4) is 0 Å². The van der Waals surface area contributed by atoms with Crippen LogP contribution in [0, 0.1) is 0 Å². The second kappa shape index (κ2) is 5.77. The molecule has 0 spiro atoms. The predicted octanol–water partition coefficient (Wildman–Crippen LogP) is 1.94. The van der Waals surface area contributed by atoms with E-state index in [-0.39, 0.29) is 6.10 Å². The Bertz CT molecular complexity index is 753. The SMILES string of the molecule is COC[C@@H]1CO[C@@](Cn2cncn2)(c2cc3ccccc3o2)O1. The van der Waals surface area contributed by atoms with Gasteiger partial charge in [0, 0.05) is 12.5 Å². The molecule has 0 radical (unpaired) electrons. The minimum atomic E-state index is -1.03. The highest BCUT2D eigenvalue weighted by Gasteiger charge is 2.47.